The molecule has 0 bridgehead atoms. The van der Waals surface area contributed by atoms with Gasteiger partial charge in [-0.25, -0.2) is 0 Å². The van der Waals surface area contributed by atoms with Crippen LogP contribution in [0.15, 0.2) is 82.8 Å². The van der Waals surface area contributed by atoms with Crippen molar-refractivity contribution < 1.29 is 17.5 Å². The third kappa shape index (κ3) is 5.39. The van der Waals surface area contributed by atoms with Crippen molar-refractivity contribution in [2.75, 3.05) is 5.43 Å². The van der Waals surface area contributed by atoms with Crippen molar-refractivity contribution >= 4 is 27.7 Å². The number of hydrogen-bond donors (Lipinski definition) is 1. The Morgan fingerprint density at radius 1 is 0.966 bits per heavy atom. The van der Waals surface area contributed by atoms with E-state index in [-0.39, 0.29) is 16.3 Å². The van der Waals surface area contributed by atoms with E-state index in [2.05, 4.69) is 10.5 Å². The first kappa shape index (κ1) is 20.0. The summed E-state index contributed by atoms with van der Waals surface area (Å²) in [6.45, 7) is 1.87. The molecule has 3 aromatic carbocycles. The second-order valence-electron chi connectivity index (χ2n) is 6.09. The largest absolute Gasteiger partial charge is 0.379 e. The SMILES string of the molecule is Cc1ccc(S(=O)(=O)Oc2ccc(/C=N/Nc3ccc([N+](=O)[O-])cc3)cc2)cc1. The highest BCUT2D eigenvalue weighted by Crippen LogP contribution is 2.19. The smallest absolute Gasteiger partial charge is 0.339 e. The van der Waals surface area contributed by atoms with Gasteiger partial charge in [-0.05, 0) is 61.0 Å². The Bertz CT molecular complexity index is 1120. The van der Waals surface area contributed by atoms with Gasteiger partial charge in [0.25, 0.3) is 5.69 Å². The van der Waals surface area contributed by atoms with Gasteiger partial charge in [-0.3, -0.25) is 15.5 Å². The summed E-state index contributed by atoms with van der Waals surface area (Å²) in [6, 6.07) is 18.6. The zero-order chi connectivity index (χ0) is 20.9. The van der Waals surface area contributed by atoms with Gasteiger partial charge in [0.15, 0.2) is 0 Å². The summed E-state index contributed by atoms with van der Waals surface area (Å²) >= 11 is 0. The molecule has 0 aliphatic heterocycles. The van der Waals surface area contributed by atoms with Crippen molar-refractivity contribution in [3.63, 3.8) is 0 Å². The highest BCUT2D eigenvalue weighted by atomic mass is 32.2. The first-order chi connectivity index (χ1) is 13.8. The molecule has 0 aliphatic rings. The van der Waals surface area contributed by atoms with Gasteiger partial charge in [0, 0.05) is 12.1 Å². The molecule has 29 heavy (non-hydrogen) atoms. The lowest BCUT2D eigenvalue weighted by Gasteiger charge is -2.07. The molecule has 148 valence electrons. The zero-order valence-electron chi connectivity index (χ0n) is 15.3. The van der Waals surface area contributed by atoms with Crippen LogP contribution in [0, 0.1) is 17.0 Å². The molecular weight excluding hydrogens is 394 g/mol. The van der Waals surface area contributed by atoms with E-state index in [0.29, 0.717) is 11.3 Å². The van der Waals surface area contributed by atoms with E-state index in [1.165, 1.54) is 42.6 Å². The monoisotopic (exact) mass is 411 g/mol. The molecule has 0 aliphatic carbocycles. The standard InChI is InChI=1S/C20H17N3O5S/c1-15-2-12-20(13-3-15)29(26,27)28-19-10-4-16(5-11-19)14-21-22-17-6-8-18(9-7-17)23(24)25/h2-14,22H,1H3/b21-14+. The van der Waals surface area contributed by atoms with E-state index in [9.17, 15) is 18.5 Å². The lowest BCUT2D eigenvalue weighted by molar-refractivity contribution is -0.384. The molecule has 0 saturated heterocycles. The minimum Gasteiger partial charge on any atom is -0.379 e. The lowest BCUT2D eigenvalue weighted by atomic mass is 10.2. The van der Waals surface area contributed by atoms with Crippen molar-refractivity contribution in [3.8, 4) is 5.75 Å². The quantitative estimate of drug-likeness (QED) is 0.271. The molecular formula is C20H17N3O5S. The number of nitrogens with zero attached hydrogens (tertiary/aromatic N) is 2. The first-order valence-corrected chi connectivity index (χ1v) is 9.89. The summed E-state index contributed by atoms with van der Waals surface area (Å²) in [4.78, 5) is 10.2. The van der Waals surface area contributed by atoms with E-state index in [4.69, 9.17) is 4.18 Å². The second kappa shape index (κ2) is 8.53. The topological polar surface area (TPSA) is 111 Å². The van der Waals surface area contributed by atoms with Crippen molar-refractivity contribution in [2.24, 2.45) is 5.10 Å². The fourth-order valence-electron chi connectivity index (χ4n) is 2.33. The molecule has 0 radical (unpaired) electrons. The van der Waals surface area contributed by atoms with Crippen LogP contribution in [0.5, 0.6) is 5.75 Å². The highest BCUT2D eigenvalue weighted by molar-refractivity contribution is 7.87. The van der Waals surface area contributed by atoms with Gasteiger partial charge in [-0.15, -0.1) is 0 Å². The molecule has 0 saturated carbocycles. The van der Waals surface area contributed by atoms with Gasteiger partial charge in [0.2, 0.25) is 0 Å². The van der Waals surface area contributed by atoms with Crippen molar-refractivity contribution in [2.45, 2.75) is 11.8 Å². The van der Waals surface area contributed by atoms with Crippen LogP contribution in [0.3, 0.4) is 0 Å². The van der Waals surface area contributed by atoms with E-state index in [1.807, 2.05) is 6.92 Å². The molecule has 0 fully saturated rings. The zero-order valence-corrected chi connectivity index (χ0v) is 16.2. The lowest BCUT2D eigenvalue weighted by Crippen LogP contribution is -2.09. The Hall–Kier alpha value is -3.72. The molecule has 0 heterocycles. The third-order valence-electron chi connectivity index (χ3n) is 3.88. The number of nitro benzene ring substituents is 1. The molecule has 8 nitrogen and oxygen atoms in total. The number of non-ortho nitro benzene ring substituents is 1. The summed E-state index contributed by atoms with van der Waals surface area (Å²) < 4.78 is 29.7. The van der Waals surface area contributed by atoms with Gasteiger partial charge in [0.05, 0.1) is 16.8 Å². The van der Waals surface area contributed by atoms with Crippen LogP contribution < -0.4 is 9.61 Å². The summed E-state index contributed by atoms with van der Waals surface area (Å²) in [5, 5.41) is 14.7. The number of rotatable bonds is 7. The van der Waals surface area contributed by atoms with Crippen LogP contribution in [-0.2, 0) is 10.1 Å². The average Bonchev–Trinajstić information content (AvgIpc) is 2.70. The maximum absolute atomic E-state index is 12.3. The Morgan fingerprint density at radius 3 is 2.17 bits per heavy atom. The van der Waals surface area contributed by atoms with Crippen molar-refractivity contribution in [1.29, 1.82) is 0 Å². The number of anilines is 1. The molecule has 1 N–H and O–H groups in total. The maximum Gasteiger partial charge on any atom is 0.339 e. The molecule has 3 rings (SSSR count). The number of aryl methyl sites for hydroxylation is 1. The second-order valence-corrected chi connectivity index (χ2v) is 7.64. The van der Waals surface area contributed by atoms with Crippen LogP contribution in [0.25, 0.3) is 0 Å². The normalized spacial score (nSPS) is 11.3. The molecule has 0 amide bonds. The van der Waals surface area contributed by atoms with E-state index < -0.39 is 15.0 Å². The predicted molar refractivity (Wildman–Crippen MR) is 110 cm³/mol. The minimum atomic E-state index is -3.90. The number of benzene rings is 3. The fourth-order valence-corrected chi connectivity index (χ4v) is 3.26. The molecule has 0 spiro atoms. The van der Waals surface area contributed by atoms with E-state index in [1.54, 1.807) is 36.4 Å². The van der Waals surface area contributed by atoms with Crippen LogP contribution in [0.2, 0.25) is 0 Å². The van der Waals surface area contributed by atoms with Gasteiger partial charge in [0.1, 0.15) is 10.6 Å². The minimum absolute atomic E-state index is 0.00397. The van der Waals surface area contributed by atoms with Crippen molar-refractivity contribution in [3.05, 3.63) is 94.0 Å². The van der Waals surface area contributed by atoms with Gasteiger partial charge in [-0.1, -0.05) is 17.7 Å². The maximum atomic E-state index is 12.3. The van der Waals surface area contributed by atoms with E-state index >= 15 is 0 Å². The highest BCUT2D eigenvalue weighted by Gasteiger charge is 2.16. The molecule has 9 heteroatoms. The van der Waals surface area contributed by atoms with Crippen LogP contribution in [0.4, 0.5) is 11.4 Å². The molecule has 0 unspecified atom stereocenters. The number of nitro groups is 1. The van der Waals surface area contributed by atoms with Crippen LogP contribution >= 0.6 is 0 Å². The third-order valence-corrected chi connectivity index (χ3v) is 5.14. The number of nitrogens with one attached hydrogen (secondary N) is 1. The number of hydrogen-bond acceptors (Lipinski definition) is 7. The summed E-state index contributed by atoms with van der Waals surface area (Å²) in [5.74, 6) is 0.186. The summed E-state index contributed by atoms with van der Waals surface area (Å²) in [7, 11) is -3.90. The van der Waals surface area contributed by atoms with Crippen LogP contribution in [0.1, 0.15) is 11.1 Å². The fraction of sp³-hybridized carbons (Fsp3) is 0.0500. The number of hydrazone groups is 1. The Morgan fingerprint density at radius 2 is 1.59 bits per heavy atom. The van der Waals surface area contributed by atoms with Gasteiger partial charge in [-0.2, -0.15) is 13.5 Å². The Labute approximate surface area is 167 Å². The molecule has 0 atom stereocenters. The Kier molecular flexibility index (Phi) is 5.89. The Balaban J connectivity index is 1.61. The average molecular weight is 411 g/mol. The first-order valence-electron chi connectivity index (χ1n) is 8.48. The molecule has 3 aromatic rings. The van der Waals surface area contributed by atoms with Gasteiger partial charge < -0.3 is 4.18 Å². The van der Waals surface area contributed by atoms with E-state index in [0.717, 1.165) is 5.56 Å². The summed E-state index contributed by atoms with van der Waals surface area (Å²) in [5.41, 5.74) is 5.01. The van der Waals surface area contributed by atoms with Crippen LogP contribution in [-0.4, -0.2) is 19.6 Å². The molecule has 0 aromatic heterocycles. The van der Waals surface area contributed by atoms with Crippen molar-refractivity contribution in [1.82, 2.24) is 0 Å². The van der Waals surface area contributed by atoms with Gasteiger partial charge >= 0.3 is 10.1 Å². The summed E-state index contributed by atoms with van der Waals surface area (Å²) in [6.07, 6.45) is 1.53. The predicted octanol–water partition coefficient (Wildman–Crippen LogP) is 4.12.